The van der Waals surface area contributed by atoms with Gasteiger partial charge in [0.2, 0.25) is 11.8 Å². The quantitative estimate of drug-likeness (QED) is 0.459. The summed E-state index contributed by atoms with van der Waals surface area (Å²) in [5.41, 5.74) is -0.0779. The molecule has 0 saturated heterocycles. The van der Waals surface area contributed by atoms with E-state index in [0.29, 0.717) is 11.3 Å². The molecule has 156 valence electrons. The van der Waals surface area contributed by atoms with Crippen molar-refractivity contribution in [2.24, 2.45) is 7.05 Å². The van der Waals surface area contributed by atoms with Gasteiger partial charge in [0.05, 0.1) is 23.4 Å². The fourth-order valence-corrected chi connectivity index (χ4v) is 3.17. The SMILES string of the molecule is Cc1[nH]c(=O)n(C)c(=O)c1Cc1nnc(SCC(=O)Nc2ccccc2C(=O)O)o1. The number of H-pyrrole nitrogens is 1. The van der Waals surface area contributed by atoms with Crippen molar-refractivity contribution in [1.82, 2.24) is 19.7 Å². The van der Waals surface area contributed by atoms with Gasteiger partial charge in [0.15, 0.2) is 0 Å². The van der Waals surface area contributed by atoms with Gasteiger partial charge in [-0.1, -0.05) is 23.9 Å². The van der Waals surface area contributed by atoms with Crippen molar-refractivity contribution in [3.63, 3.8) is 0 Å². The maximum absolute atomic E-state index is 12.2. The molecule has 11 nitrogen and oxygen atoms in total. The second kappa shape index (κ2) is 8.78. The summed E-state index contributed by atoms with van der Waals surface area (Å²) in [7, 11) is 1.36. The summed E-state index contributed by atoms with van der Waals surface area (Å²) in [6.45, 7) is 1.60. The van der Waals surface area contributed by atoms with Crippen molar-refractivity contribution in [2.45, 2.75) is 18.6 Å². The first kappa shape index (κ1) is 21.0. The lowest BCUT2D eigenvalue weighted by atomic mass is 10.2. The second-order valence-electron chi connectivity index (χ2n) is 6.22. The van der Waals surface area contributed by atoms with E-state index in [0.717, 1.165) is 16.3 Å². The van der Waals surface area contributed by atoms with E-state index in [9.17, 15) is 19.2 Å². The first-order chi connectivity index (χ1) is 14.3. The molecule has 2 aromatic heterocycles. The third kappa shape index (κ3) is 4.66. The molecule has 3 aromatic rings. The fraction of sp³-hybridized carbons (Fsp3) is 0.222. The molecule has 1 aromatic carbocycles. The van der Waals surface area contributed by atoms with Crippen LogP contribution in [0.25, 0.3) is 0 Å². The predicted octanol–water partition coefficient (Wildman–Crippen LogP) is 0.785. The van der Waals surface area contributed by atoms with Crippen LogP contribution in [-0.4, -0.2) is 42.5 Å². The van der Waals surface area contributed by atoms with Gasteiger partial charge in [-0.25, -0.2) is 9.59 Å². The number of para-hydroxylation sites is 1. The Bertz CT molecular complexity index is 1230. The fourth-order valence-electron chi connectivity index (χ4n) is 2.59. The van der Waals surface area contributed by atoms with E-state index < -0.39 is 23.1 Å². The molecule has 0 aliphatic rings. The Balaban J connectivity index is 1.64. The van der Waals surface area contributed by atoms with E-state index in [1.807, 2.05) is 0 Å². The lowest BCUT2D eigenvalue weighted by Crippen LogP contribution is -2.36. The van der Waals surface area contributed by atoms with Crippen molar-refractivity contribution < 1.29 is 19.1 Å². The van der Waals surface area contributed by atoms with Gasteiger partial charge in [-0.05, 0) is 19.1 Å². The van der Waals surface area contributed by atoms with Crippen LogP contribution < -0.4 is 16.6 Å². The Morgan fingerprint density at radius 3 is 2.73 bits per heavy atom. The van der Waals surface area contributed by atoms with E-state index in [1.54, 1.807) is 19.1 Å². The molecule has 0 spiro atoms. The predicted molar refractivity (Wildman–Crippen MR) is 107 cm³/mol. The molecule has 0 atom stereocenters. The van der Waals surface area contributed by atoms with Gasteiger partial charge < -0.3 is 19.8 Å². The van der Waals surface area contributed by atoms with Crippen molar-refractivity contribution >= 4 is 29.3 Å². The number of carboxylic acid groups (broad SMARTS) is 1. The number of nitrogens with one attached hydrogen (secondary N) is 2. The number of hydrogen-bond acceptors (Lipinski definition) is 8. The standard InChI is InChI=1S/C18H17N5O6S/c1-9-11(15(25)23(2)17(28)19-9)7-14-21-22-18(29-14)30-8-13(24)20-12-6-4-3-5-10(12)16(26)27/h3-6H,7-8H2,1-2H3,(H,19,28)(H,20,24)(H,26,27). The number of amides is 1. The number of aromatic nitrogens is 4. The summed E-state index contributed by atoms with van der Waals surface area (Å²) in [4.78, 5) is 49.7. The normalized spacial score (nSPS) is 10.7. The molecular weight excluding hydrogens is 414 g/mol. The minimum Gasteiger partial charge on any atom is -0.478 e. The first-order valence-electron chi connectivity index (χ1n) is 8.62. The van der Waals surface area contributed by atoms with Gasteiger partial charge in [-0.15, -0.1) is 10.2 Å². The number of thioether (sulfide) groups is 1. The molecule has 0 bridgehead atoms. The number of nitrogens with zero attached hydrogens (tertiary/aromatic N) is 3. The Hall–Kier alpha value is -3.67. The minimum absolute atomic E-state index is 0.0196. The molecule has 2 heterocycles. The Labute approximate surface area is 173 Å². The number of hydrogen-bond donors (Lipinski definition) is 3. The zero-order valence-electron chi connectivity index (χ0n) is 16.0. The van der Waals surface area contributed by atoms with Crippen LogP contribution in [0.4, 0.5) is 5.69 Å². The van der Waals surface area contributed by atoms with Gasteiger partial charge in [-0.3, -0.25) is 14.2 Å². The van der Waals surface area contributed by atoms with Crippen LogP contribution in [0.5, 0.6) is 0 Å². The number of rotatable bonds is 7. The monoisotopic (exact) mass is 431 g/mol. The molecule has 30 heavy (non-hydrogen) atoms. The van der Waals surface area contributed by atoms with E-state index in [1.165, 1.54) is 19.2 Å². The zero-order valence-corrected chi connectivity index (χ0v) is 16.8. The number of aromatic amines is 1. The van der Waals surface area contributed by atoms with Crippen LogP contribution in [0, 0.1) is 6.92 Å². The van der Waals surface area contributed by atoms with Crippen LogP contribution >= 0.6 is 11.8 Å². The molecule has 0 fully saturated rings. The molecule has 0 aliphatic carbocycles. The largest absolute Gasteiger partial charge is 0.478 e. The smallest absolute Gasteiger partial charge is 0.337 e. The van der Waals surface area contributed by atoms with Gasteiger partial charge in [0, 0.05) is 18.3 Å². The summed E-state index contributed by atoms with van der Waals surface area (Å²) in [5, 5.41) is 19.5. The Kier molecular flexibility index (Phi) is 6.16. The average Bonchev–Trinajstić information content (AvgIpc) is 3.16. The van der Waals surface area contributed by atoms with Crippen molar-refractivity contribution in [2.75, 3.05) is 11.1 Å². The van der Waals surface area contributed by atoms with Crippen molar-refractivity contribution in [3.05, 3.63) is 67.8 Å². The Morgan fingerprint density at radius 2 is 2.00 bits per heavy atom. The first-order valence-corrected chi connectivity index (χ1v) is 9.61. The van der Waals surface area contributed by atoms with Crippen LogP contribution in [-0.2, 0) is 18.3 Å². The maximum atomic E-state index is 12.2. The average molecular weight is 431 g/mol. The summed E-state index contributed by atoms with van der Waals surface area (Å²) >= 11 is 0.967. The highest BCUT2D eigenvalue weighted by atomic mass is 32.2. The summed E-state index contributed by atoms with van der Waals surface area (Å²) in [6, 6.07) is 6.05. The van der Waals surface area contributed by atoms with Gasteiger partial charge in [-0.2, -0.15) is 0 Å². The lowest BCUT2D eigenvalue weighted by Gasteiger charge is -2.07. The molecule has 0 aliphatic heterocycles. The highest BCUT2D eigenvalue weighted by Crippen LogP contribution is 2.19. The number of benzene rings is 1. The van der Waals surface area contributed by atoms with Crippen LogP contribution in [0.2, 0.25) is 0 Å². The summed E-state index contributed by atoms with van der Waals surface area (Å²) in [6.07, 6.45) is 0.0288. The van der Waals surface area contributed by atoms with Crippen LogP contribution in [0.15, 0.2) is 43.5 Å². The van der Waals surface area contributed by atoms with E-state index >= 15 is 0 Å². The second-order valence-corrected chi connectivity index (χ2v) is 7.15. The number of anilines is 1. The Morgan fingerprint density at radius 1 is 1.27 bits per heavy atom. The molecule has 1 amide bonds. The number of carboxylic acids is 1. The molecule has 12 heteroatoms. The van der Waals surface area contributed by atoms with E-state index in [-0.39, 0.29) is 34.5 Å². The lowest BCUT2D eigenvalue weighted by molar-refractivity contribution is -0.113. The molecule has 3 N–H and O–H groups in total. The number of carbonyl (C=O) groups excluding carboxylic acids is 1. The minimum atomic E-state index is -1.15. The summed E-state index contributed by atoms with van der Waals surface area (Å²) in [5.74, 6) is -1.53. The van der Waals surface area contributed by atoms with Crippen molar-refractivity contribution in [3.8, 4) is 0 Å². The summed E-state index contributed by atoms with van der Waals surface area (Å²) < 4.78 is 6.41. The topological polar surface area (TPSA) is 160 Å². The van der Waals surface area contributed by atoms with E-state index in [4.69, 9.17) is 9.52 Å². The highest BCUT2D eigenvalue weighted by molar-refractivity contribution is 7.99. The molecule has 3 rings (SSSR count). The van der Waals surface area contributed by atoms with Gasteiger partial charge in [0.1, 0.15) is 0 Å². The molecule has 0 unspecified atom stereocenters. The van der Waals surface area contributed by atoms with Gasteiger partial charge in [0.25, 0.3) is 10.8 Å². The third-order valence-electron chi connectivity index (χ3n) is 4.15. The number of aryl methyl sites for hydroxylation is 1. The zero-order chi connectivity index (χ0) is 21.8. The van der Waals surface area contributed by atoms with Crippen LogP contribution in [0.3, 0.4) is 0 Å². The maximum Gasteiger partial charge on any atom is 0.337 e. The number of aromatic carboxylic acids is 1. The highest BCUT2D eigenvalue weighted by Gasteiger charge is 2.16. The van der Waals surface area contributed by atoms with Crippen LogP contribution in [0.1, 0.15) is 27.5 Å². The third-order valence-corrected chi connectivity index (χ3v) is 4.97. The van der Waals surface area contributed by atoms with Crippen molar-refractivity contribution in [1.29, 1.82) is 0 Å². The molecule has 0 radical (unpaired) electrons. The number of carbonyl (C=O) groups is 2. The van der Waals surface area contributed by atoms with E-state index in [2.05, 4.69) is 20.5 Å². The van der Waals surface area contributed by atoms with Gasteiger partial charge >= 0.3 is 11.7 Å². The molecule has 0 saturated carbocycles. The molecular formula is C18H17N5O6S.